The number of aryl methyl sites for hydroxylation is 1. The van der Waals surface area contributed by atoms with E-state index in [1.54, 1.807) is 0 Å². The van der Waals surface area contributed by atoms with Crippen LogP contribution in [-0.2, 0) is 4.79 Å². The van der Waals surface area contributed by atoms with Gasteiger partial charge >= 0.3 is 0 Å². The van der Waals surface area contributed by atoms with Crippen LogP contribution in [0.1, 0.15) is 43.5 Å². The third-order valence-electron chi connectivity index (χ3n) is 4.68. The molecule has 1 aromatic rings. The van der Waals surface area contributed by atoms with E-state index in [0.717, 1.165) is 25.8 Å². The zero-order valence-corrected chi connectivity index (χ0v) is 13.9. The van der Waals surface area contributed by atoms with E-state index in [2.05, 4.69) is 54.6 Å². The minimum atomic E-state index is -0.239. The molecule has 3 nitrogen and oxygen atoms in total. The molecule has 21 heavy (non-hydrogen) atoms. The van der Waals surface area contributed by atoms with Crippen LogP contribution in [0.25, 0.3) is 0 Å². The summed E-state index contributed by atoms with van der Waals surface area (Å²) in [6.07, 6.45) is 5.21. The van der Waals surface area contributed by atoms with Crippen molar-refractivity contribution in [1.29, 1.82) is 0 Å². The van der Waals surface area contributed by atoms with E-state index in [0.29, 0.717) is 11.2 Å². The Bertz CT molecular complexity index is 541. The SMILES string of the molecule is CSC(C)CCN1C(=O)C2(CC2)NC1c1cccc(C)c1. The molecule has 3 rings (SSSR count). The van der Waals surface area contributed by atoms with Gasteiger partial charge in [-0.2, -0.15) is 11.8 Å². The first-order valence-electron chi connectivity index (χ1n) is 7.74. The lowest BCUT2D eigenvalue weighted by Gasteiger charge is -2.25. The van der Waals surface area contributed by atoms with Gasteiger partial charge < -0.3 is 4.90 Å². The minimum Gasteiger partial charge on any atom is -0.321 e. The molecule has 1 N–H and O–H groups in total. The second-order valence-corrected chi connectivity index (χ2v) is 7.65. The summed E-state index contributed by atoms with van der Waals surface area (Å²) < 4.78 is 0. The number of carbonyl (C=O) groups is 1. The number of rotatable bonds is 5. The average molecular weight is 304 g/mol. The first kappa shape index (κ1) is 14.9. The van der Waals surface area contributed by atoms with Gasteiger partial charge in [0.15, 0.2) is 0 Å². The number of thioether (sulfide) groups is 1. The molecule has 1 spiro atoms. The molecule has 4 heteroatoms. The van der Waals surface area contributed by atoms with Gasteiger partial charge in [0.1, 0.15) is 11.7 Å². The first-order valence-corrected chi connectivity index (χ1v) is 9.03. The quantitative estimate of drug-likeness (QED) is 0.907. The summed E-state index contributed by atoms with van der Waals surface area (Å²) in [5.74, 6) is 0.308. The van der Waals surface area contributed by atoms with E-state index in [1.807, 2.05) is 11.8 Å². The van der Waals surface area contributed by atoms with E-state index in [-0.39, 0.29) is 11.7 Å². The lowest BCUT2D eigenvalue weighted by Crippen LogP contribution is -2.33. The van der Waals surface area contributed by atoms with Crippen molar-refractivity contribution in [2.75, 3.05) is 12.8 Å². The van der Waals surface area contributed by atoms with E-state index in [9.17, 15) is 4.79 Å². The van der Waals surface area contributed by atoms with Crippen LogP contribution in [0.3, 0.4) is 0 Å². The molecular weight excluding hydrogens is 280 g/mol. The Morgan fingerprint density at radius 1 is 1.48 bits per heavy atom. The van der Waals surface area contributed by atoms with Crippen molar-refractivity contribution in [3.63, 3.8) is 0 Å². The molecule has 1 saturated heterocycles. The molecular formula is C17H24N2OS. The summed E-state index contributed by atoms with van der Waals surface area (Å²) >= 11 is 1.87. The Morgan fingerprint density at radius 3 is 2.86 bits per heavy atom. The standard InChI is InChI=1S/C17H24N2OS/c1-12-5-4-6-14(11-12)15-18-17(8-9-17)16(20)19(15)10-7-13(2)21-3/h4-6,11,13,15,18H,7-10H2,1-3H3. The molecule has 1 aromatic carbocycles. The number of nitrogens with one attached hydrogen (secondary N) is 1. The Balaban J connectivity index is 1.81. The predicted octanol–water partition coefficient (Wildman–Crippen LogP) is 3.10. The van der Waals surface area contributed by atoms with Gasteiger partial charge in [0.05, 0.1) is 0 Å². The highest BCUT2D eigenvalue weighted by Gasteiger charge is 2.59. The normalized spacial score (nSPS) is 24.6. The number of amides is 1. The van der Waals surface area contributed by atoms with Crippen molar-refractivity contribution >= 4 is 17.7 Å². The number of hydrogen-bond donors (Lipinski definition) is 1. The molecule has 0 bridgehead atoms. The smallest absolute Gasteiger partial charge is 0.244 e. The van der Waals surface area contributed by atoms with Crippen LogP contribution in [-0.4, -0.2) is 34.4 Å². The van der Waals surface area contributed by atoms with Crippen LogP contribution in [0.2, 0.25) is 0 Å². The van der Waals surface area contributed by atoms with Gasteiger partial charge in [-0.15, -0.1) is 0 Å². The van der Waals surface area contributed by atoms with Crippen LogP contribution in [0, 0.1) is 6.92 Å². The third-order valence-corrected chi connectivity index (χ3v) is 5.72. The molecule has 1 aliphatic carbocycles. The maximum Gasteiger partial charge on any atom is 0.244 e. The van der Waals surface area contributed by atoms with Gasteiger partial charge in [-0.25, -0.2) is 0 Å². The van der Waals surface area contributed by atoms with Crippen LogP contribution < -0.4 is 5.32 Å². The minimum absolute atomic E-state index is 0.0500. The topological polar surface area (TPSA) is 32.3 Å². The molecule has 0 aromatic heterocycles. The highest BCUT2D eigenvalue weighted by molar-refractivity contribution is 7.99. The van der Waals surface area contributed by atoms with Crippen LogP contribution >= 0.6 is 11.8 Å². The highest BCUT2D eigenvalue weighted by Crippen LogP contribution is 2.46. The first-order chi connectivity index (χ1) is 10.1. The van der Waals surface area contributed by atoms with Crippen molar-refractivity contribution in [1.82, 2.24) is 10.2 Å². The van der Waals surface area contributed by atoms with Crippen molar-refractivity contribution < 1.29 is 4.79 Å². The molecule has 1 aliphatic heterocycles. The Labute approximate surface area is 131 Å². The largest absolute Gasteiger partial charge is 0.321 e. The van der Waals surface area contributed by atoms with Crippen LogP contribution in [0.5, 0.6) is 0 Å². The second-order valence-electron chi connectivity index (χ2n) is 6.38. The van der Waals surface area contributed by atoms with E-state index in [1.165, 1.54) is 11.1 Å². The lowest BCUT2D eigenvalue weighted by atomic mass is 10.1. The Morgan fingerprint density at radius 2 is 2.24 bits per heavy atom. The fourth-order valence-electron chi connectivity index (χ4n) is 3.05. The van der Waals surface area contributed by atoms with Gasteiger partial charge in [-0.1, -0.05) is 36.8 Å². The number of carbonyl (C=O) groups excluding carboxylic acids is 1. The van der Waals surface area contributed by atoms with E-state index in [4.69, 9.17) is 0 Å². The van der Waals surface area contributed by atoms with Crippen LogP contribution in [0.15, 0.2) is 24.3 Å². The molecule has 1 amide bonds. The Kier molecular flexibility index (Phi) is 4.02. The maximum absolute atomic E-state index is 12.7. The monoisotopic (exact) mass is 304 g/mol. The van der Waals surface area contributed by atoms with Crippen molar-refractivity contribution in [2.45, 2.75) is 50.1 Å². The predicted molar refractivity (Wildman–Crippen MR) is 88.3 cm³/mol. The zero-order valence-electron chi connectivity index (χ0n) is 13.1. The van der Waals surface area contributed by atoms with Gasteiger partial charge in [-0.05, 0) is 38.0 Å². The zero-order chi connectivity index (χ0) is 15.0. The number of hydrogen-bond acceptors (Lipinski definition) is 3. The number of nitrogens with zero attached hydrogens (tertiary/aromatic N) is 1. The number of benzene rings is 1. The van der Waals surface area contributed by atoms with Gasteiger partial charge in [0.25, 0.3) is 0 Å². The van der Waals surface area contributed by atoms with Crippen molar-refractivity contribution in [3.05, 3.63) is 35.4 Å². The summed E-state index contributed by atoms with van der Waals surface area (Å²) in [6.45, 7) is 5.18. The summed E-state index contributed by atoms with van der Waals surface area (Å²) in [5.41, 5.74) is 2.22. The fourth-order valence-corrected chi connectivity index (χ4v) is 3.39. The van der Waals surface area contributed by atoms with Crippen LogP contribution in [0.4, 0.5) is 0 Å². The molecule has 114 valence electrons. The Hall–Kier alpha value is -1.00. The fraction of sp³-hybridized carbons (Fsp3) is 0.588. The molecule has 2 atom stereocenters. The molecule has 2 aliphatic rings. The summed E-state index contributed by atoms with van der Waals surface area (Å²) in [5, 5.41) is 4.19. The van der Waals surface area contributed by atoms with Gasteiger partial charge in [0, 0.05) is 11.8 Å². The van der Waals surface area contributed by atoms with Crippen molar-refractivity contribution in [2.24, 2.45) is 0 Å². The summed E-state index contributed by atoms with van der Waals surface area (Å²) in [6, 6.07) is 8.51. The maximum atomic E-state index is 12.7. The molecule has 2 unspecified atom stereocenters. The van der Waals surface area contributed by atoms with Crippen molar-refractivity contribution in [3.8, 4) is 0 Å². The van der Waals surface area contributed by atoms with E-state index < -0.39 is 0 Å². The molecule has 1 saturated carbocycles. The molecule has 0 radical (unpaired) electrons. The highest BCUT2D eigenvalue weighted by atomic mass is 32.2. The van der Waals surface area contributed by atoms with Gasteiger partial charge in [-0.3, -0.25) is 10.1 Å². The third kappa shape index (κ3) is 2.84. The van der Waals surface area contributed by atoms with E-state index >= 15 is 0 Å². The summed E-state index contributed by atoms with van der Waals surface area (Å²) in [7, 11) is 0. The summed E-state index contributed by atoms with van der Waals surface area (Å²) in [4.78, 5) is 14.8. The average Bonchev–Trinajstić information content (AvgIpc) is 3.20. The molecule has 1 heterocycles. The van der Waals surface area contributed by atoms with Gasteiger partial charge in [0.2, 0.25) is 5.91 Å². The lowest BCUT2D eigenvalue weighted by molar-refractivity contribution is -0.130. The molecule has 2 fully saturated rings. The second kappa shape index (κ2) is 5.65.